The number of nitrogens with two attached hydrogens (primary N) is 2. The maximum Gasteiger partial charge on any atom is 0.0905 e. The molecule has 0 saturated carbocycles. The van der Waals surface area contributed by atoms with E-state index in [1.807, 2.05) is 31.7 Å². The molecule has 210 valence electrons. The Morgan fingerprint density at radius 1 is 0.619 bits per heavy atom. The number of benzene rings is 3. The van der Waals surface area contributed by atoms with E-state index in [0.717, 1.165) is 63.8 Å². The Bertz CT molecular complexity index is 1700. The van der Waals surface area contributed by atoms with Crippen LogP contribution in [0.4, 0.5) is 0 Å². The molecule has 0 aliphatic heterocycles. The summed E-state index contributed by atoms with van der Waals surface area (Å²) in [4.78, 5) is 13.4. The maximum atomic E-state index is 7.45. The number of pyridine rings is 2. The highest BCUT2D eigenvalue weighted by Crippen LogP contribution is 2.30. The van der Waals surface area contributed by atoms with E-state index in [1.165, 1.54) is 11.1 Å². The fourth-order valence-electron chi connectivity index (χ4n) is 5.02. The normalized spacial score (nSPS) is 11.4. The summed E-state index contributed by atoms with van der Waals surface area (Å²) in [6, 6.07) is 30.0. The van der Waals surface area contributed by atoms with Crippen molar-refractivity contribution in [1.82, 2.24) is 9.97 Å². The molecular weight excluding hydrogens is 516 g/mol. The van der Waals surface area contributed by atoms with Crippen molar-refractivity contribution in [3.05, 3.63) is 121 Å². The third kappa shape index (κ3) is 7.55. The lowest BCUT2D eigenvalue weighted by Gasteiger charge is -2.10. The lowest BCUT2D eigenvalue weighted by atomic mass is 9.97. The Kier molecular flexibility index (Phi) is 9.14. The van der Waals surface area contributed by atoms with Crippen molar-refractivity contribution in [2.24, 2.45) is 16.5 Å². The van der Waals surface area contributed by atoms with Crippen LogP contribution in [0.2, 0.25) is 0 Å². The SMILES string of the molecule is CC(N)=NCCc1cccc(-c2cncc(-c3ccc(-c4cncc(-c5cccc(CCCC(=N)N)c5)c4)cc3)c2)c1. The molecule has 5 N–H and O–H groups in total. The molecule has 0 saturated heterocycles. The van der Waals surface area contributed by atoms with E-state index in [2.05, 4.69) is 99.9 Å². The zero-order valence-electron chi connectivity index (χ0n) is 23.9. The van der Waals surface area contributed by atoms with Crippen molar-refractivity contribution in [2.45, 2.75) is 32.6 Å². The van der Waals surface area contributed by atoms with Crippen LogP contribution in [0.5, 0.6) is 0 Å². The number of nitrogens with zero attached hydrogens (tertiary/aromatic N) is 3. The van der Waals surface area contributed by atoms with Gasteiger partial charge in [-0.1, -0.05) is 72.8 Å². The third-order valence-corrected chi connectivity index (χ3v) is 7.22. The lowest BCUT2D eigenvalue weighted by Crippen LogP contribution is -2.09. The summed E-state index contributed by atoms with van der Waals surface area (Å²) in [5, 5.41) is 7.45. The van der Waals surface area contributed by atoms with Crippen molar-refractivity contribution < 1.29 is 0 Å². The van der Waals surface area contributed by atoms with Gasteiger partial charge in [0.05, 0.1) is 11.7 Å². The van der Waals surface area contributed by atoms with E-state index in [4.69, 9.17) is 16.9 Å². The molecule has 0 amide bonds. The van der Waals surface area contributed by atoms with E-state index < -0.39 is 0 Å². The van der Waals surface area contributed by atoms with E-state index in [0.29, 0.717) is 18.8 Å². The second kappa shape index (κ2) is 13.5. The van der Waals surface area contributed by atoms with Gasteiger partial charge in [0.15, 0.2) is 0 Å². The van der Waals surface area contributed by atoms with E-state index in [9.17, 15) is 0 Å². The minimum atomic E-state index is 0.239. The van der Waals surface area contributed by atoms with Crippen molar-refractivity contribution in [2.75, 3.05) is 6.54 Å². The summed E-state index contributed by atoms with van der Waals surface area (Å²) in [5.74, 6) is 0.852. The Labute approximate surface area is 247 Å². The quantitative estimate of drug-likeness (QED) is 0.118. The number of aryl methyl sites for hydroxylation is 1. The highest BCUT2D eigenvalue weighted by molar-refractivity contribution is 5.78. The van der Waals surface area contributed by atoms with Crippen LogP contribution in [0.15, 0.2) is 115 Å². The van der Waals surface area contributed by atoms with Crippen molar-refractivity contribution in [3.63, 3.8) is 0 Å². The van der Waals surface area contributed by atoms with E-state index in [1.54, 1.807) is 0 Å². The Morgan fingerprint density at radius 2 is 1.10 bits per heavy atom. The first-order valence-electron chi connectivity index (χ1n) is 14.2. The molecule has 5 aromatic rings. The largest absolute Gasteiger partial charge is 0.388 e. The average Bonchev–Trinajstić information content (AvgIpc) is 3.01. The minimum absolute atomic E-state index is 0.239. The highest BCUT2D eigenvalue weighted by atomic mass is 14.8. The fraction of sp³-hybridized carbons (Fsp3) is 0.167. The molecule has 0 spiro atoms. The van der Waals surface area contributed by atoms with Gasteiger partial charge in [-0.25, -0.2) is 0 Å². The standard InChI is InChI=1S/C36H36N6/c1-25(37)42-16-15-27-6-3-9-31(18-27)35-20-33(22-41-24-35)29-13-11-28(12-14-29)32-19-34(23-40-21-32)30-8-2-5-26(17-30)7-4-10-36(38)39/h2-3,5-6,8-9,11-14,17-24H,4,7,10,15-16H2,1H3,(H2,37,42)(H3,38,39). The number of hydrogen-bond acceptors (Lipinski definition) is 4. The summed E-state index contributed by atoms with van der Waals surface area (Å²) in [5.41, 5.74) is 22.4. The molecule has 2 heterocycles. The predicted octanol–water partition coefficient (Wildman–Crippen LogP) is 7.32. The second-order valence-corrected chi connectivity index (χ2v) is 10.6. The smallest absolute Gasteiger partial charge is 0.0905 e. The molecular formula is C36H36N6. The van der Waals surface area contributed by atoms with Crippen LogP contribution in [-0.4, -0.2) is 28.2 Å². The molecule has 6 nitrogen and oxygen atoms in total. The van der Waals surface area contributed by atoms with Gasteiger partial charge in [-0.15, -0.1) is 0 Å². The number of nitrogens with one attached hydrogen (secondary N) is 1. The molecule has 0 unspecified atom stereocenters. The van der Waals surface area contributed by atoms with Gasteiger partial charge in [-0.2, -0.15) is 0 Å². The first-order chi connectivity index (χ1) is 20.4. The van der Waals surface area contributed by atoms with Crippen LogP contribution in [0.25, 0.3) is 44.5 Å². The molecule has 0 atom stereocenters. The zero-order valence-corrected chi connectivity index (χ0v) is 23.9. The first kappa shape index (κ1) is 28.4. The van der Waals surface area contributed by atoms with Crippen LogP contribution in [-0.2, 0) is 12.8 Å². The summed E-state index contributed by atoms with van der Waals surface area (Å²) >= 11 is 0. The highest BCUT2D eigenvalue weighted by Gasteiger charge is 2.07. The molecule has 5 rings (SSSR count). The van der Waals surface area contributed by atoms with Crippen LogP contribution in [0.3, 0.4) is 0 Å². The molecule has 2 aromatic heterocycles. The number of rotatable bonds is 11. The van der Waals surface area contributed by atoms with E-state index in [-0.39, 0.29) is 5.84 Å². The Hall–Kier alpha value is -5.10. The average molecular weight is 553 g/mol. The topological polar surface area (TPSA) is 114 Å². The van der Waals surface area contributed by atoms with Crippen molar-refractivity contribution in [3.8, 4) is 44.5 Å². The van der Waals surface area contributed by atoms with Crippen LogP contribution in [0, 0.1) is 5.41 Å². The molecule has 0 fully saturated rings. The Balaban J connectivity index is 1.32. The van der Waals surface area contributed by atoms with Gasteiger partial charge in [0.1, 0.15) is 0 Å². The molecule has 0 bridgehead atoms. The summed E-state index contributed by atoms with van der Waals surface area (Å²) in [6.07, 6.45) is 10.9. The summed E-state index contributed by atoms with van der Waals surface area (Å²) < 4.78 is 0. The van der Waals surface area contributed by atoms with Crippen LogP contribution < -0.4 is 11.5 Å². The number of aliphatic imine (C=N–C) groups is 1. The molecule has 0 radical (unpaired) electrons. The van der Waals surface area contributed by atoms with Crippen LogP contribution >= 0.6 is 0 Å². The second-order valence-electron chi connectivity index (χ2n) is 10.6. The van der Waals surface area contributed by atoms with Crippen molar-refractivity contribution in [1.29, 1.82) is 5.41 Å². The summed E-state index contributed by atoms with van der Waals surface area (Å²) in [7, 11) is 0. The number of hydrogen-bond donors (Lipinski definition) is 3. The lowest BCUT2D eigenvalue weighted by molar-refractivity contribution is 0.858. The molecule has 0 aliphatic rings. The van der Waals surface area contributed by atoms with Gasteiger partial charge in [-0.05, 0) is 71.7 Å². The van der Waals surface area contributed by atoms with Gasteiger partial charge in [0, 0.05) is 60.0 Å². The maximum absolute atomic E-state index is 7.45. The Morgan fingerprint density at radius 3 is 1.57 bits per heavy atom. The summed E-state index contributed by atoms with van der Waals surface area (Å²) in [6.45, 7) is 2.50. The number of aromatic nitrogens is 2. The molecule has 3 aromatic carbocycles. The van der Waals surface area contributed by atoms with E-state index >= 15 is 0 Å². The fourth-order valence-corrected chi connectivity index (χ4v) is 5.02. The number of amidine groups is 2. The first-order valence-corrected chi connectivity index (χ1v) is 14.2. The zero-order chi connectivity index (χ0) is 29.3. The van der Waals surface area contributed by atoms with Crippen LogP contribution in [0.1, 0.15) is 30.9 Å². The predicted molar refractivity (Wildman–Crippen MR) is 174 cm³/mol. The van der Waals surface area contributed by atoms with Gasteiger partial charge >= 0.3 is 0 Å². The monoisotopic (exact) mass is 552 g/mol. The van der Waals surface area contributed by atoms with Gasteiger partial charge in [-0.3, -0.25) is 20.4 Å². The van der Waals surface area contributed by atoms with Crippen molar-refractivity contribution >= 4 is 11.7 Å². The van der Waals surface area contributed by atoms with Gasteiger partial charge < -0.3 is 11.5 Å². The molecule has 6 heteroatoms. The molecule has 42 heavy (non-hydrogen) atoms. The van der Waals surface area contributed by atoms with Gasteiger partial charge in [0.25, 0.3) is 0 Å². The molecule has 0 aliphatic carbocycles. The third-order valence-electron chi connectivity index (χ3n) is 7.22. The minimum Gasteiger partial charge on any atom is -0.388 e. The van der Waals surface area contributed by atoms with Gasteiger partial charge in [0.2, 0.25) is 0 Å².